The molecule has 4 nitrogen and oxygen atoms in total. The zero-order valence-electron chi connectivity index (χ0n) is 8.52. The zero-order valence-corrected chi connectivity index (χ0v) is 8.52. The van der Waals surface area contributed by atoms with Crippen molar-refractivity contribution in [3.63, 3.8) is 0 Å². The normalized spacial score (nSPS) is 10.5. The van der Waals surface area contributed by atoms with Crippen molar-refractivity contribution in [2.24, 2.45) is 0 Å². The number of nitrogens with zero attached hydrogens (tertiary/aromatic N) is 2. The van der Waals surface area contributed by atoms with Crippen LogP contribution in [-0.4, -0.2) is 9.78 Å². The second-order valence-electron chi connectivity index (χ2n) is 3.34. The van der Waals surface area contributed by atoms with Crippen molar-refractivity contribution < 1.29 is 8.78 Å². The van der Waals surface area contributed by atoms with Gasteiger partial charge in [0.05, 0.1) is 17.3 Å². The molecule has 17 heavy (non-hydrogen) atoms. The lowest BCUT2D eigenvalue weighted by Gasteiger charge is -2.01. The topological polar surface area (TPSA) is 61.6 Å². The first-order valence-electron chi connectivity index (χ1n) is 4.72. The molecule has 0 bridgehead atoms. The monoisotopic (exact) mass is 235 g/mol. The van der Waals surface area contributed by atoms with Gasteiger partial charge in [-0.2, -0.15) is 5.26 Å². The second kappa shape index (κ2) is 4.22. The summed E-state index contributed by atoms with van der Waals surface area (Å²) < 4.78 is 25.7. The van der Waals surface area contributed by atoms with Crippen molar-refractivity contribution in [1.82, 2.24) is 9.78 Å². The maximum Gasteiger partial charge on any atom is 0.279 e. The van der Waals surface area contributed by atoms with Crippen molar-refractivity contribution in [3.8, 4) is 11.8 Å². The van der Waals surface area contributed by atoms with Gasteiger partial charge in [0.2, 0.25) is 0 Å². The van der Waals surface area contributed by atoms with Crippen molar-refractivity contribution in [2.75, 3.05) is 0 Å². The molecule has 1 heterocycles. The fraction of sp³-hybridized carbons (Fsp3) is 0.0909. The number of halogens is 2. The molecule has 0 saturated carbocycles. The Morgan fingerprint density at radius 3 is 2.41 bits per heavy atom. The van der Waals surface area contributed by atoms with Gasteiger partial charge in [-0.3, -0.25) is 9.89 Å². The number of rotatable bonds is 2. The van der Waals surface area contributed by atoms with Gasteiger partial charge in [-0.25, -0.2) is 13.5 Å². The van der Waals surface area contributed by atoms with E-state index in [0.29, 0.717) is 11.3 Å². The lowest BCUT2D eigenvalue weighted by atomic mass is 10.2. The molecule has 0 radical (unpaired) electrons. The summed E-state index contributed by atoms with van der Waals surface area (Å²) in [6.07, 6.45) is -2.72. The Balaban J connectivity index is 2.46. The largest absolute Gasteiger partial charge is 0.289 e. The molecule has 0 aliphatic heterocycles. The molecule has 1 N–H and O–H groups in total. The van der Waals surface area contributed by atoms with Crippen LogP contribution in [0.25, 0.3) is 5.69 Å². The summed E-state index contributed by atoms with van der Waals surface area (Å²) in [5, 5.41) is 10.9. The Kier molecular flexibility index (Phi) is 2.75. The van der Waals surface area contributed by atoms with Crippen LogP contribution in [0.3, 0.4) is 0 Å². The summed E-state index contributed by atoms with van der Waals surface area (Å²) in [6, 6.07) is 8.80. The van der Waals surface area contributed by atoms with Crippen molar-refractivity contribution in [3.05, 3.63) is 51.9 Å². The van der Waals surface area contributed by atoms with Crippen molar-refractivity contribution in [2.45, 2.75) is 6.43 Å². The van der Waals surface area contributed by atoms with E-state index in [-0.39, 0.29) is 0 Å². The number of hydrogen-bond donors (Lipinski definition) is 1. The number of benzene rings is 1. The van der Waals surface area contributed by atoms with Gasteiger partial charge < -0.3 is 0 Å². The van der Waals surface area contributed by atoms with Gasteiger partial charge in [-0.05, 0) is 24.3 Å². The van der Waals surface area contributed by atoms with Gasteiger partial charge >= 0.3 is 0 Å². The van der Waals surface area contributed by atoms with Crippen molar-refractivity contribution >= 4 is 0 Å². The van der Waals surface area contributed by atoms with Gasteiger partial charge in [-0.1, -0.05) is 0 Å². The molecule has 2 rings (SSSR count). The van der Waals surface area contributed by atoms with Crippen LogP contribution in [0.15, 0.2) is 35.1 Å². The minimum Gasteiger partial charge on any atom is -0.289 e. The molecule has 0 spiro atoms. The molecule has 0 aliphatic rings. The number of H-pyrrole nitrogens is 1. The van der Waals surface area contributed by atoms with Gasteiger partial charge in [0, 0.05) is 6.07 Å². The third-order valence-corrected chi connectivity index (χ3v) is 2.23. The smallest absolute Gasteiger partial charge is 0.279 e. The Morgan fingerprint density at radius 2 is 1.94 bits per heavy atom. The van der Waals surface area contributed by atoms with E-state index >= 15 is 0 Å². The van der Waals surface area contributed by atoms with Crippen LogP contribution in [0.2, 0.25) is 0 Å². The molecular weight excluding hydrogens is 228 g/mol. The third-order valence-electron chi connectivity index (χ3n) is 2.23. The minimum atomic E-state index is -2.72. The first kappa shape index (κ1) is 11.1. The van der Waals surface area contributed by atoms with E-state index in [0.717, 1.165) is 10.7 Å². The van der Waals surface area contributed by atoms with Crippen LogP contribution in [0, 0.1) is 11.3 Å². The summed E-state index contributed by atoms with van der Waals surface area (Å²) in [4.78, 5) is 11.4. The highest BCUT2D eigenvalue weighted by atomic mass is 19.3. The molecule has 0 saturated heterocycles. The van der Waals surface area contributed by atoms with Crippen LogP contribution in [0.1, 0.15) is 17.7 Å². The van der Waals surface area contributed by atoms with Gasteiger partial charge in [-0.15, -0.1) is 0 Å². The van der Waals surface area contributed by atoms with E-state index in [4.69, 9.17) is 5.26 Å². The maximum absolute atomic E-state index is 12.4. The minimum absolute atomic E-state index is 0.404. The zero-order chi connectivity index (χ0) is 12.4. The molecule has 1 aromatic heterocycles. The van der Waals surface area contributed by atoms with Crippen LogP contribution < -0.4 is 5.56 Å². The van der Waals surface area contributed by atoms with Gasteiger partial charge in [0.25, 0.3) is 12.0 Å². The predicted molar refractivity (Wildman–Crippen MR) is 56.1 cm³/mol. The van der Waals surface area contributed by atoms with Crippen LogP contribution in [0.5, 0.6) is 0 Å². The van der Waals surface area contributed by atoms with Crippen LogP contribution in [0.4, 0.5) is 8.78 Å². The molecule has 86 valence electrons. The quantitative estimate of drug-likeness (QED) is 0.865. The Morgan fingerprint density at radius 1 is 1.29 bits per heavy atom. The average Bonchev–Trinajstić information content (AvgIpc) is 2.72. The van der Waals surface area contributed by atoms with Crippen LogP contribution >= 0.6 is 0 Å². The molecule has 0 unspecified atom stereocenters. The molecule has 0 amide bonds. The highest BCUT2D eigenvalue weighted by Crippen LogP contribution is 2.15. The Hall–Kier alpha value is -2.42. The Labute approximate surface area is 94.7 Å². The fourth-order valence-corrected chi connectivity index (χ4v) is 1.40. The lowest BCUT2D eigenvalue weighted by Crippen LogP contribution is -2.13. The summed E-state index contributed by atoms with van der Waals surface area (Å²) in [5.41, 5.74) is -0.160. The number of alkyl halides is 2. The number of hydrogen-bond acceptors (Lipinski definition) is 2. The van der Waals surface area contributed by atoms with E-state index in [2.05, 4.69) is 5.10 Å². The Bertz CT molecular complexity index is 619. The van der Waals surface area contributed by atoms with Gasteiger partial charge in [0.15, 0.2) is 0 Å². The molecule has 2 aromatic rings. The average molecular weight is 235 g/mol. The number of aromatic amines is 1. The molecule has 0 atom stereocenters. The maximum atomic E-state index is 12.4. The standard InChI is InChI=1S/C11H7F2N3O/c12-11(13)9-5-10(17)16(15-9)8-3-1-7(6-14)2-4-8/h1-5,11,15H. The first-order chi connectivity index (χ1) is 8.11. The van der Waals surface area contributed by atoms with E-state index in [1.165, 1.54) is 24.3 Å². The first-order valence-corrected chi connectivity index (χ1v) is 4.72. The SMILES string of the molecule is N#Cc1ccc(-n2[nH]c(C(F)F)cc2=O)cc1. The van der Waals surface area contributed by atoms with Gasteiger partial charge in [0.1, 0.15) is 5.69 Å². The van der Waals surface area contributed by atoms with E-state index in [1.54, 1.807) is 0 Å². The molecule has 1 aromatic carbocycles. The summed E-state index contributed by atoms with van der Waals surface area (Å²) in [6.45, 7) is 0. The predicted octanol–water partition coefficient (Wildman–Crippen LogP) is 1.97. The highest BCUT2D eigenvalue weighted by Gasteiger charge is 2.12. The highest BCUT2D eigenvalue weighted by molar-refractivity contribution is 5.38. The lowest BCUT2D eigenvalue weighted by molar-refractivity contribution is 0.145. The van der Waals surface area contributed by atoms with E-state index in [9.17, 15) is 13.6 Å². The number of nitrogens with one attached hydrogen (secondary N) is 1. The third kappa shape index (κ3) is 2.08. The van der Waals surface area contributed by atoms with Crippen LogP contribution in [-0.2, 0) is 0 Å². The summed E-state index contributed by atoms with van der Waals surface area (Å²) >= 11 is 0. The molecule has 6 heteroatoms. The van der Waals surface area contributed by atoms with E-state index < -0.39 is 17.7 Å². The fourth-order valence-electron chi connectivity index (χ4n) is 1.40. The summed E-state index contributed by atoms with van der Waals surface area (Å²) in [5.74, 6) is 0. The second-order valence-corrected chi connectivity index (χ2v) is 3.34. The van der Waals surface area contributed by atoms with Crippen molar-refractivity contribution in [1.29, 1.82) is 5.26 Å². The number of aromatic nitrogens is 2. The molecule has 0 aliphatic carbocycles. The number of nitriles is 1. The molecule has 0 fully saturated rings. The van der Waals surface area contributed by atoms with E-state index in [1.807, 2.05) is 6.07 Å². The summed E-state index contributed by atoms with van der Waals surface area (Å²) in [7, 11) is 0. The molecular formula is C11H7F2N3O.